The molecule has 0 aromatic heterocycles. The van der Waals surface area contributed by atoms with Gasteiger partial charge >= 0.3 is 17.9 Å². The molecule has 8 heteroatoms. The van der Waals surface area contributed by atoms with Crippen LogP contribution in [0.4, 0.5) is 5.69 Å². The molecule has 0 spiro atoms. The van der Waals surface area contributed by atoms with Gasteiger partial charge in [0.1, 0.15) is 0 Å². The molecule has 0 atom stereocenters. The minimum atomic E-state index is -0.687. The van der Waals surface area contributed by atoms with Gasteiger partial charge in [0.2, 0.25) is 0 Å². The first-order valence-electron chi connectivity index (χ1n) is 8.75. The summed E-state index contributed by atoms with van der Waals surface area (Å²) in [6.07, 6.45) is 0.843. The van der Waals surface area contributed by atoms with Gasteiger partial charge in [-0.3, -0.25) is 4.79 Å². The van der Waals surface area contributed by atoms with E-state index in [0.29, 0.717) is 5.56 Å². The number of carbonyl (C=O) groups excluding carboxylic acids is 4. The van der Waals surface area contributed by atoms with Gasteiger partial charge < -0.3 is 19.5 Å². The number of hydrogen-bond acceptors (Lipinski definition) is 7. The highest BCUT2D eigenvalue weighted by molar-refractivity contribution is 6.00. The number of esters is 3. The van der Waals surface area contributed by atoms with Gasteiger partial charge in [-0.05, 0) is 42.3 Å². The fourth-order valence-corrected chi connectivity index (χ4v) is 2.46. The Morgan fingerprint density at radius 2 is 1.34 bits per heavy atom. The number of nitrogens with one attached hydrogen (secondary N) is 1. The van der Waals surface area contributed by atoms with E-state index >= 15 is 0 Å². The van der Waals surface area contributed by atoms with Gasteiger partial charge in [0.05, 0.1) is 30.9 Å². The van der Waals surface area contributed by atoms with Crippen LogP contribution in [0.25, 0.3) is 0 Å². The highest BCUT2D eigenvalue weighted by Crippen LogP contribution is 2.17. The van der Waals surface area contributed by atoms with Crippen LogP contribution in [0.3, 0.4) is 0 Å². The topological polar surface area (TPSA) is 108 Å². The first-order valence-corrected chi connectivity index (χ1v) is 8.75. The van der Waals surface area contributed by atoms with Crippen LogP contribution < -0.4 is 5.32 Å². The Bertz CT molecular complexity index is 885. The first kappa shape index (κ1) is 21.6. The Morgan fingerprint density at radius 3 is 1.83 bits per heavy atom. The number of carbonyl (C=O) groups is 4. The Labute approximate surface area is 167 Å². The third-order valence-electron chi connectivity index (χ3n) is 3.99. The number of methoxy groups -OCH3 is 2. The van der Waals surface area contributed by atoms with E-state index in [0.717, 1.165) is 12.0 Å². The monoisotopic (exact) mass is 399 g/mol. The largest absolute Gasteiger partial charge is 0.465 e. The molecule has 8 nitrogen and oxygen atoms in total. The summed E-state index contributed by atoms with van der Waals surface area (Å²) < 4.78 is 14.3. The van der Waals surface area contributed by atoms with Crippen molar-refractivity contribution in [3.8, 4) is 0 Å². The molecule has 0 aliphatic rings. The summed E-state index contributed by atoms with van der Waals surface area (Å²) >= 11 is 0. The van der Waals surface area contributed by atoms with Crippen molar-refractivity contribution in [2.75, 3.05) is 26.1 Å². The number of ether oxygens (including phenoxy) is 3. The molecule has 0 aliphatic carbocycles. The molecule has 0 heterocycles. The molecule has 0 saturated carbocycles. The van der Waals surface area contributed by atoms with E-state index < -0.39 is 30.4 Å². The molecule has 0 radical (unpaired) electrons. The number of amides is 1. The van der Waals surface area contributed by atoms with Gasteiger partial charge in [0.15, 0.2) is 6.61 Å². The second-order valence-electron chi connectivity index (χ2n) is 5.96. The van der Waals surface area contributed by atoms with E-state index in [2.05, 4.69) is 14.8 Å². The van der Waals surface area contributed by atoms with Crippen LogP contribution in [0, 0.1) is 0 Å². The fraction of sp³-hybridized carbons (Fsp3) is 0.238. The second-order valence-corrected chi connectivity index (χ2v) is 5.96. The van der Waals surface area contributed by atoms with Gasteiger partial charge in [0.25, 0.3) is 5.91 Å². The minimum absolute atomic E-state index is 0.0544. The smallest absolute Gasteiger partial charge is 0.338 e. The molecular formula is C21H21NO7. The average molecular weight is 399 g/mol. The van der Waals surface area contributed by atoms with Crippen LogP contribution in [0.5, 0.6) is 0 Å². The van der Waals surface area contributed by atoms with Crippen molar-refractivity contribution in [3.05, 3.63) is 64.7 Å². The first-order chi connectivity index (χ1) is 13.9. The lowest BCUT2D eigenvalue weighted by Crippen LogP contribution is -2.21. The van der Waals surface area contributed by atoms with Crippen molar-refractivity contribution in [1.82, 2.24) is 0 Å². The average Bonchev–Trinajstić information content (AvgIpc) is 2.76. The molecule has 0 fully saturated rings. The van der Waals surface area contributed by atoms with Crippen molar-refractivity contribution >= 4 is 29.5 Å². The van der Waals surface area contributed by atoms with Crippen molar-refractivity contribution in [1.29, 1.82) is 0 Å². The molecule has 0 unspecified atom stereocenters. The molecule has 0 bridgehead atoms. The molecule has 2 aromatic rings. The quantitative estimate of drug-likeness (QED) is 0.563. The number of hydrogen-bond donors (Lipinski definition) is 1. The third kappa shape index (κ3) is 5.90. The van der Waals surface area contributed by atoms with E-state index in [1.54, 1.807) is 12.1 Å². The number of rotatable bonds is 7. The van der Waals surface area contributed by atoms with Crippen LogP contribution in [0.1, 0.15) is 43.6 Å². The normalized spacial score (nSPS) is 10.0. The Morgan fingerprint density at radius 1 is 0.793 bits per heavy atom. The predicted octanol–water partition coefficient (Wildman–Crippen LogP) is 2.62. The Hall–Kier alpha value is -3.68. The SMILES string of the molecule is CCc1ccc(C(=O)OCC(=O)Nc2cc(C(=O)OC)cc(C(=O)OC)c2)cc1. The van der Waals surface area contributed by atoms with Crippen LogP contribution in [0.2, 0.25) is 0 Å². The maximum atomic E-state index is 12.1. The van der Waals surface area contributed by atoms with E-state index in [9.17, 15) is 19.2 Å². The minimum Gasteiger partial charge on any atom is -0.465 e. The van der Waals surface area contributed by atoms with Gasteiger partial charge in [-0.1, -0.05) is 19.1 Å². The second kappa shape index (κ2) is 10.0. The lowest BCUT2D eigenvalue weighted by Gasteiger charge is -2.10. The van der Waals surface area contributed by atoms with Gasteiger partial charge in [-0.2, -0.15) is 0 Å². The highest BCUT2D eigenvalue weighted by Gasteiger charge is 2.16. The van der Waals surface area contributed by atoms with E-state index in [1.807, 2.05) is 19.1 Å². The molecule has 2 rings (SSSR count). The standard InChI is InChI=1S/C21H21NO7/c1-4-13-5-7-14(8-6-13)21(26)29-12-18(23)22-17-10-15(19(24)27-2)9-16(11-17)20(25)28-3/h5-11H,4,12H2,1-3H3,(H,22,23). The Balaban J connectivity index is 2.05. The lowest BCUT2D eigenvalue weighted by molar-refractivity contribution is -0.119. The van der Waals surface area contributed by atoms with Crippen molar-refractivity contribution in [2.45, 2.75) is 13.3 Å². The Kier molecular flexibility index (Phi) is 7.47. The molecule has 0 aliphatic heterocycles. The summed E-state index contributed by atoms with van der Waals surface area (Å²) in [6.45, 7) is 1.46. The molecule has 152 valence electrons. The van der Waals surface area contributed by atoms with Crippen LogP contribution in [-0.4, -0.2) is 44.6 Å². The zero-order valence-electron chi connectivity index (χ0n) is 16.3. The maximum absolute atomic E-state index is 12.1. The molecule has 1 N–H and O–H groups in total. The van der Waals surface area contributed by atoms with Crippen LogP contribution >= 0.6 is 0 Å². The van der Waals surface area contributed by atoms with Crippen molar-refractivity contribution in [3.63, 3.8) is 0 Å². The van der Waals surface area contributed by atoms with E-state index in [1.165, 1.54) is 32.4 Å². The summed E-state index contributed by atoms with van der Waals surface area (Å²) in [6, 6.07) is 10.8. The summed E-state index contributed by atoms with van der Waals surface area (Å²) in [7, 11) is 2.38. The molecule has 29 heavy (non-hydrogen) atoms. The van der Waals surface area contributed by atoms with E-state index in [-0.39, 0.29) is 16.8 Å². The summed E-state index contributed by atoms with van der Waals surface area (Å²) in [5, 5.41) is 2.47. The van der Waals surface area contributed by atoms with E-state index in [4.69, 9.17) is 4.74 Å². The van der Waals surface area contributed by atoms with Crippen LogP contribution in [-0.2, 0) is 25.4 Å². The lowest BCUT2D eigenvalue weighted by atomic mass is 10.1. The van der Waals surface area contributed by atoms with Gasteiger partial charge in [0, 0.05) is 5.69 Å². The zero-order chi connectivity index (χ0) is 21.4. The van der Waals surface area contributed by atoms with Crippen molar-refractivity contribution < 1.29 is 33.4 Å². The maximum Gasteiger partial charge on any atom is 0.338 e. The summed E-state index contributed by atoms with van der Waals surface area (Å²) in [5.74, 6) is -2.65. The van der Waals surface area contributed by atoms with Crippen LogP contribution in [0.15, 0.2) is 42.5 Å². The molecule has 1 amide bonds. The zero-order valence-corrected chi connectivity index (χ0v) is 16.3. The van der Waals surface area contributed by atoms with Crippen molar-refractivity contribution in [2.24, 2.45) is 0 Å². The molecule has 2 aromatic carbocycles. The number of benzene rings is 2. The molecular weight excluding hydrogens is 378 g/mol. The van der Waals surface area contributed by atoms with Gasteiger partial charge in [-0.15, -0.1) is 0 Å². The number of anilines is 1. The molecule has 0 saturated heterocycles. The third-order valence-corrected chi connectivity index (χ3v) is 3.99. The number of aryl methyl sites for hydroxylation is 1. The predicted molar refractivity (Wildman–Crippen MR) is 104 cm³/mol. The van der Waals surface area contributed by atoms with Gasteiger partial charge in [-0.25, -0.2) is 14.4 Å². The summed E-state index contributed by atoms with van der Waals surface area (Å²) in [5.41, 5.74) is 1.67. The fourth-order valence-electron chi connectivity index (χ4n) is 2.46. The highest BCUT2D eigenvalue weighted by atomic mass is 16.5. The summed E-state index contributed by atoms with van der Waals surface area (Å²) in [4.78, 5) is 47.7.